The van der Waals surface area contributed by atoms with E-state index in [-0.39, 0.29) is 0 Å². The topological polar surface area (TPSA) is 32.5 Å². The lowest BCUT2D eigenvalue weighted by Crippen LogP contribution is -2.61. The minimum absolute atomic E-state index is 0.294. The summed E-state index contributed by atoms with van der Waals surface area (Å²) in [5.74, 6) is 1.67. The van der Waals surface area contributed by atoms with Gasteiger partial charge in [-0.15, -0.1) is 0 Å². The predicted molar refractivity (Wildman–Crippen MR) is 86.9 cm³/mol. The molecular formula is C17H35N3. The van der Waals surface area contributed by atoms with Crippen molar-refractivity contribution in [3.8, 4) is 0 Å². The summed E-state index contributed by atoms with van der Waals surface area (Å²) in [5.41, 5.74) is 6.59. The molecule has 118 valence electrons. The van der Waals surface area contributed by atoms with Gasteiger partial charge in [0.1, 0.15) is 0 Å². The van der Waals surface area contributed by atoms with Gasteiger partial charge in [0.25, 0.3) is 0 Å². The van der Waals surface area contributed by atoms with E-state index in [0.29, 0.717) is 11.6 Å². The molecule has 1 aliphatic heterocycles. The largest absolute Gasteiger partial charge is 0.329 e. The zero-order chi connectivity index (χ0) is 14.8. The number of hydrogen-bond acceptors (Lipinski definition) is 3. The zero-order valence-corrected chi connectivity index (χ0v) is 14.1. The fraction of sp³-hybridized carbons (Fsp3) is 1.00. The lowest BCUT2D eigenvalue weighted by molar-refractivity contribution is -0.00904. The van der Waals surface area contributed by atoms with Gasteiger partial charge in [0.15, 0.2) is 0 Å². The Morgan fingerprint density at radius 3 is 2.60 bits per heavy atom. The second-order valence-corrected chi connectivity index (χ2v) is 7.73. The van der Waals surface area contributed by atoms with Gasteiger partial charge in [-0.05, 0) is 58.2 Å². The van der Waals surface area contributed by atoms with E-state index >= 15 is 0 Å². The zero-order valence-electron chi connectivity index (χ0n) is 14.1. The number of likely N-dealkylation sites (tertiary alicyclic amines) is 1. The van der Waals surface area contributed by atoms with Gasteiger partial charge in [0.2, 0.25) is 0 Å². The first kappa shape index (κ1) is 16.3. The van der Waals surface area contributed by atoms with Crippen molar-refractivity contribution < 1.29 is 0 Å². The summed E-state index contributed by atoms with van der Waals surface area (Å²) in [5, 5.41) is 0. The van der Waals surface area contributed by atoms with Crippen molar-refractivity contribution in [3.05, 3.63) is 0 Å². The molecule has 0 spiro atoms. The van der Waals surface area contributed by atoms with Crippen LogP contribution in [0, 0.1) is 11.8 Å². The van der Waals surface area contributed by atoms with Crippen molar-refractivity contribution in [1.82, 2.24) is 9.80 Å². The van der Waals surface area contributed by atoms with Crippen LogP contribution in [0.15, 0.2) is 0 Å². The van der Waals surface area contributed by atoms with E-state index in [0.717, 1.165) is 18.4 Å². The molecule has 20 heavy (non-hydrogen) atoms. The average Bonchev–Trinajstić information content (AvgIpc) is 2.47. The van der Waals surface area contributed by atoms with Gasteiger partial charge in [-0.25, -0.2) is 0 Å². The molecule has 2 N–H and O–H groups in total. The van der Waals surface area contributed by atoms with Crippen molar-refractivity contribution in [2.75, 3.05) is 33.7 Å². The van der Waals surface area contributed by atoms with Crippen LogP contribution in [-0.4, -0.2) is 55.1 Å². The highest BCUT2D eigenvalue weighted by Gasteiger charge is 2.42. The molecule has 2 fully saturated rings. The minimum atomic E-state index is 0.294. The van der Waals surface area contributed by atoms with Crippen LogP contribution in [0.3, 0.4) is 0 Å². The lowest BCUT2D eigenvalue weighted by Gasteiger charge is -2.52. The van der Waals surface area contributed by atoms with Gasteiger partial charge >= 0.3 is 0 Å². The molecule has 2 rings (SSSR count). The summed E-state index contributed by atoms with van der Waals surface area (Å²) in [6, 6.07) is 0.714. The molecule has 1 aliphatic carbocycles. The van der Waals surface area contributed by atoms with E-state index < -0.39 is 0 Å². The van der Waals surface area contributed by atoms with Crippen LogP contribution >= 0.6 is 0 Å². The Kier molecular flexibility index (Phi) is 5.49. The molecule has 0 radical (unpaired) electrons. The Morgan fingerprint density at radius 1 is 1.25 bits per heavy atom. The number of hydrogen-bond donors (Lipinski definition) is 1. The Labute approximate surface area is 125 Å². The third kappa shape index (κ3) is 3.37. The highest BCUT2D eigenvalue weighted by Crippen LogP contribution is 2.40. The molecule has 0 amide bonds. The first-order valence-electron chi connectivity index (χ1n) is 8.60. The molecule has 1 saturated carbocycles. The molecule has 0 aromatic carbocycles. The van der Waals surface area contributed by atoms with Crippen molar-refractivity contribution in [1.29, 1.82) is 0 Å². The SMILES string of the molecule is CC(C)C1CCCC(CN)(N2CCCC(N(C)C)C2)C1. The van der Waals surface area contributed by atoms with Gasteiger partial charge in [0, 0.05) is 24.7 Å². The van der Waals surface area contributed by atoms with E-state index in [1.807, 2.05) is 0 Å². The maximum Gasteiger partial charge on any atom is 0.0335 e. The van der Waals surface area contributed by atoms with Crippen LogP contribution in [0.5, 0.6) is 0 Å². The van der Waals surface area contributed by atoms with Crippen LogP contribution in [0.25, 0.3) is 0 Å². The van der Waals surface area contributed by atoms with Crippen molar-refractivity contribution >= 4 is 0 Å². The summed E-state index contributed by atoms with van der Waals surface area (Å²) >= 11 is 0. The maximum atomic E-state index is 6.30. The Bertz CT molecular complexity index is 303. The molecule has 2 aliphatic rings. The highest BCUT2D eigenvalue weighted by atomic mass is 15.3. The fourth-order valence-corrected chi connectivity index (χ4v) is 4.36. The Morgan fingerprint density at radius 2 is 2.00 bits per heavy atom. The smallest absolute Gasteiger partial charge is 0.0335 e. The first-order valence-corrected chi connectivity index (χ1v) is 8.60. The summed E-state index contributed by atoms with van der Waals surface area (Å²) in [6.07, 6.45) is 8.08. The third-order valence-corrected chi connectivity index (χ3v) is 5.98. The van der Waals surface area contributed by atoms with Gasteiger partial charge in [0.05, 0.1) is 0 Å². The van der Waals surface area contributed by atoms with Gasteiger partial charge in [-0.2, -0.15) is 0 Å². The Balaban J connectivity index is 2.09. The second-order valence-electron chi connectivity index (χ2n) is 7.73. The first-order chi connectivity index (χ1) is 9.48. The average molecular weight is 281 g/mol. The van der Waals surface area contributed by atoms with Crippen molar-refractivity contribution in [2.45, 2.75) is 64.0 Å². The highest BCUT2D eigenvalue weighted by molar-refractivity contribution is 4.99. The van der Waals surface area contributed by atoms with Gasteiger partial charge in [-0.1, -0.05) is 26.7 Å². The molecule has 1 heterocycles. The van der Waals surface area contributed by atoms with Crippen molar-refractivity contribution in [2.24, 2.45) is 17.6 Å². The molecular weight excluding hydrogens is 246 g/mol. The number of rotatable bonds is 4. The van der Waals surface area contributed by atoms with Crippen molar-refractivity contribution in [3.63, 3.8) is 0 Å². The van der Waals surface area contributed by atoms with E-state index in [1.54, 1.807) is 0 Å². The van der Waals surface area contributed by atoms with Crippen LogP contribution in [0.1, 0.15) is 52.4 Å². The van der Waals surface area contributed by atoms with Crippen LogP contribution in [0.2, 0.25) is 0 Å². The summed E-state index contributed by atoms with van der Waals surface area (Å²) in [4.78, 5) is 5.16. The number of nitrogens with two attached hydrogens (primary N) is 1. The predicted octanol–water partition coefficient (Wildman–Crippen LogP) is 2.56. The lowest BCUT2D eigenvalue weighted by atomic mass is 9.70. The summed E-state index contributed by atoms with van der Waals surface area (Å²) in [6.45, 7) is 8.09. The second kappa shape index (κ2) is 6.76. The fourth-order valence-electron chi connectivity index (χ4n) is 4.36. The normalized spacial score (nSPS) is 36.8. The molecule has 3 atom stereocenters. The molecule has 3 unspecified atom stereocenters. The number of piperidine rings is 1. The molecule has 3 heteroatoms. The summed E-state index contributed by atoms with van der Waals surface area (Å²) < 4.78 is 0. The molecule has 0 aromatic rings. The minimum Gasteiger partial charge on any atom is -0.329 e. The van der Waals surface area contributed by atoms with Crippen LogP contribution < -0.4 is 5.73 Å². The molecule has 1 saturated heterocycles. The maximum absolute atomic E-state index is 6.30. The van der Waals surface area contributed by atoms with Crippen LogP contribution in [-0.2, 0) is 0 Å². The van der Waals surface area contributed by atoms with E-state index in [9.17, 15) is 0 Å². The molecule has 0 aromatic heterocycles. The van der Waals surface area contributed by atoms with Gasteiger partial charge < -0.3 is 10.6 Å². The quantitative estimate of drug-likeness (QED) is 0.859. The van der Waals surface area contributed by atoms with E-state index in [2.05, 4.69) is 37.7 Å². The molecule has 0 bridgehead atoms. The molecule has 3 nitrogen and oxygen atoms in total. The number of nitrogens with zero attached hydrogens (tertiary/aromatic N) is 2. The summed E-state index contributed by atoms with van der Waals surface area (Å²) in [7, 11) is 4.45. The number of likely N-dealkylation sites (N-methyl/N-ethyl adjacent to an activating group) is 1. The third-order valence-electron chi connectivity index (χ3n) is 5.98. The van der Waals surface area contributed by atoms with E-state index in [4.69, 9.17) is 5.73 Å². The van der Waals surface area contributed by atoms with E-state index in [1.165, 1.54) is 51.6 Å². The van der Waals surface area contributed by atoms with Crippen LogP contribution in [0.4, 0.5) is 0 Å². The standard InChI is InChI=1S/C17H35N3/c1-14(2)15-7-5-9-17(11-15,13-18)20-10-6-8-16(12-20)19(3)4/h14-16H,5-13,18H2,1-4H3. The Hall–Kier alpha value is -0.120. The monoisotopic (exact) mass is 281 g/mol. The van der Waals surface area contributed by atoms with Gasteiger partial charge in [-0.3, -0.25) is 4.90 Å².